The highest BCUT2D eigenvalue weighted by molar-refractivity contribution is 8.02. The zero-order valence-electron chi connectivity index (χ0n) is 12.5. The summed E-state index contributed by atoms with van der Waals surface area (Å²) in [6.45, 7) is 0. The summed E-state index contributed by atoms with van der Waals surface area (Å²) in [6, 6.07) is 10.1. The van der Waals surface area contributed by atoms with Crippen molar-refractivity contribution in [1.29, 1.82) is 0 Å². The maximum absolute atomic E-state index is 12.4. The third-order valence-corrected chi connectivity index (χ3v) is 5.92. The van der Waals surface area contributed by atoms with Gasteiger partial charge in [0, 0.05) is 4.88 Å². The number of H-pyrrole nitrogens is 1. The molecule has 1 aliphatic carbocycles. The maximum Gasteiger partial charge on any atom is 0.260 e. The number of aromatic amines is 1. The monoisotopic (exact) mass is 340 g/mol. The highest BCUT2D eigenvalue weighted by atomic mass is 32.2. The third kappa shape index (κ3) is 2.99. The van der Waals surface area contributed by atoms with Gasteiger partial charge in [0.05, 0.1) is 5.39 Å². The van der Waals surface area contributed by atoms with Crippen LogP contribution in [0.15, 0.2) is 45.7 Å². The minimum atomic E-state index is 0.00464. The summed E-state index contributed by atoms with van der Waals surface area (Å²) >= 11 is 3.14. The van der Waals surface area contributed by atoms with Gasteiger partial charge in [-0.25, -0.2) is 4.98 Å². The molecule has 0 atom stereocenters. The Balaban J connectivity index is 1.64. The normalized spacial score (nSPS) is 14.4. The van der Waals surface area contributed by atoms with Gasteiger partial charge in [0.1, 0.15) is 4.83 Å². The molecule has 2 aromatic heterocycles. The number of thiophene rings is 1. The molecule has 1 aliphatic rings. The van der Waals surface area contributed by atoms with Crippen LogP contribution in [-0.2, 0) is 12.8 Å². The Morgan fingerprint density at radius 3 is 2.87 bits per heavy atom. The molecule has 4 rings (SSSR count). The average molecular weight is 340 g/mol. The first kappa shape index (κ1) is 14.7. The number of nitrogens with one attached hydrogen (secondary N) is 1. The van der Waals surface area contributed by atoms with Crippen molar-refractivity contribution in [2.24, 2.45) is 0 Å². The number of aromatic nitrogens is 2. The van der Waals surface area contributed by atoms with Crippen LogP contribution >= 0.6 is 23.1 Å². The molecule has 0 bridgehead atoms. The molecule has 0 spiro atoms. The first-order valence-electron chi connectivity index (χ1n) is 7.74. The SMILES string of the molecule is O=c1[nH]c(SC=Cc2ccccc2)nc2sc3c(c12)CCCC3. The molecule has 2 heterocycles. The van der Waals surface area contributed by atoms with Crippen molar-refractivity contribution < 1.29 is 0 Å². The molecular weight excluding hydrogens is 324 g/mol. The van der Waals surface area contributed by atoms with Gasteiger partial charge in [0.25, 0.3) is 5.56 Å². The van der Waals surface area contributed by atoms with Crippen molar-refractivity contribution in [1.82, 2.24) is 9.97 Å². The maximum atomic E-state index is 12.4. The standard InChI is InChI=1S/C18H16N2OS2/c21-16-15-13-8-4-5-9-14(13)23-17(15)20-18(19-16)22-11-10-12-6-2-1-3-7-12/h1-3,6-7,10-11H,4-5,8-9H2,(H,19,20,21). The van der Waals surface area contributed by atoms with E-state index in [-0.39, 0.29) is 5.56 Å². The molecule has 0 saturated carbocycles. The van der Waals surface area contributed by atoms with E-state index in [0.717, 1.165) is 28.6 Å². The Morgan fingerprint density at radius 2 is 2.00 bits per heavy atom. The zero-order chi connectivity index (χ0) is 15.6. The molecule has 1 N–H and O–H groups in total. The minimum Gasteiger partial charge on any atom is -0.301 e. The van der Waals surface area contributed by atoms with Crippen LogP contribution in [0.3, 0.4) is 0 Å². The van der Waals surface area contributed by atoms with Gasteiger partial charge in [-0.05, 0) is 48.3 Å². The van der Waals surface area contributed by atoms with Gasteiger partial charge in [-0.1, -0.05) is 42.1 Å². The van der Waals surface area contributed by atoms with Crippen LogP contribution in [0.4, 0.5) is 0 Å². The van der Waals surface area contributed by atoms with E-state index in [1.807, 2.05) is 41.8 Å². The second-order valence-electron chi connectivity index (χ2n) is 5.59. The number of rotatable bonds is 3. The van der Waals surface area contributed by atoms with E-state index in [9.17, 15) is 4.79 Å². The molecule has 3 aromatic rings. The lowest BCUT2D eigenvalue weighted by Crippen LogP contribution is -2.10. The topological polar surface area (TPSA) is 45.8 Å². The van der Waals surface area contributed by atoms with E-state index in [1.165, 1.54) is 35.0 Å². The van der Waals surface area contributed by atoms with E-state index in [1.54, 1.807) is 11.3 Å². The summed E-state index contributed by atoms with van der Waals surface area (Å²) in [5.74, 6) is 0. The largest absolute Gasteiger partial charge is 0.301 e. The van der Waals surface area contributed by atoms with Crippen molar-refractivity contribution in [3.63, 3.8) is 0 Å². The minimum absolute atomic E-state index is 0.00464. The summed E-state index contributed by atoms with van der Waals surface area (Å²) in [5, 5.41) is 3.45. The molecule has 0 saturated heterocycles. The number of hydrogen-bond acceptors (Lipinski definition) is 4. The number of thioether (sulfide) groups is 1. The summed E-state index contributed by atoms with van der Waals surface area (Å²) in [6.07, 6.45) is 6.52. The van der Waals surface area contributed by atoms with E-state index in [0.29, 0.717) is 5.16 Å². The lowest BCUT2D eigenvalue weighted by Gasteiger charge is -2.09. The van der Waals surface area contributed by atoms with E-state index >= 15 is 0 Å². The lowest BCUT2D eigenvalue weighted by molar-refractivity contribution is 0.700. The van der Waals surface area contributed by atoms with Gasteiger partial charge >= 0.3 is 0 Å². The fourth-order valence-electron chi connectivity index (χ4n) is 2.94. The molecule has 116 valence electrons. The quantitative estimate of drug-likeness (QED) is 0.559. The molecule has 1 aromatic carbocycles. The highest BCUT2D eigenvalue weighted by Crippen LogP contribution is 2.34. The van der Waals surface area contributed by atoms with Crippen LogP contribution < -0.4 is 5.56 Å². The van der Waals surface area contributed by atoms with Gasteiger partial charge < -0.3 is 4.98 Å². The second kappa shape index (κ2) is 6.34. The number of fused-ring (bicyclic) bond motifs is 3. The van der Waals surface area contributed by atoms with Crippen LogP contribution in [0.2, 0.25) is 0 Å². The molecule has 0 unspecified atom stereocenters. The van der Waals surface area contributed by atoms with Crippen molar-refractivity contribution in [3.8, 4) is 0 Å². The number of hydrogen-bond donors (Lipinski definition) is 1. The van der Waals surface area contributed by atoms with Crippen LogP contribution in [0.25, 0.3) is 16.3 Å². The predicted molar refractivity (Wildman–Crippen MR) is 98.2 cm³/mol. The molecule has 23 heavy (non-hydrogen) atoms. The average Bonchev–Trinajstić information content (AvgIpc) is 2.94. The Bertz CT molecular complexity index is 925. The third-order valence-electron chi connectivity index (χ3n) is 4.04. The number of nitrogens with zero attached hydrogens (tertiary/aromatic N) is 1. The van der Waals surface area contributed by atoms with Gasteiger partial charge in [-0.15, -0.1) is 11.3 Å². The zero-order valence-corrected chi connectivity index (χ0v) is 14.2. The van der Waals surface area contributed by atoms with Crippen LogP contribution in [0.5, 0.6) is 0 Å². The smallest absolute Gasteiger partial charge is 0.260 e. The summed E-state index contributed by atoms with van der Waals surface area (Å²) in [5.41, 5.74) is 2.38. The lowest BCUT2D eigenvalue weighted by atomic mass is 9.97. The summed E-state index contributed by atoms with van der Waals surface area (Å²) < 4.78 is 0. The van der Waals surface area contributed by atoms with Crippen molar-refractivity contribution >= 4 is 39.4 Å². The van der Waals surface area contributed by atoms with Crippen LogP contribution in [0.1, 0.15) is 28.8 Å². The molecular formula is C18H16N2OS2. The Hall–Kier alpha value is -1.85. The van der Waals surface area contributed by atoms with Crippen LogP contribution in [-0.4, -0.2) is 9.97 Å². The predicted octanol–water partition coefficient (Wildman–Crippen LogP) is 4.63. The molecule has 0 amide bonds. The molecule has 5 heteroatoms. The number of benzene rings is 1. The van der Waals surface area contributed by atoms with Gasteiger partial charge in [0.2, 0.25) is 0 Å². The van der Waals surface area contributed by atoms with Gasteiger partial charge in [-0.2, -0.15) is 0 Å². The first-order chi connectivity index (χ1) is 11.3. The second-order valence-corrected chi connectivity index (χ2v) is 7.57. The van der Waals surface area contributed by atoms with Gasteiger partial charge in [-0.3, -0.25) is 4.79 Å². The number of aryl methyl sites for hydroxylation is 2. The molecule has 0 radical (unpaired) electrons. The Morgan fingerprint density at radius 1 is 1.17 bits per heavy atom. The van der Waals surface area contributed by atoms with E-state index in [4.69, 9.17) is 0 Å². The van der Waals surface area contributed by atoms with Crippen molar-refractivity contribution in [2.75, 3.05) is 0 Å². The van der Waals surface area contributed by atoms with Gasteiger partial charge in [0.15, 0.2) is 5.16 Å². The summed E-state index contributed by atoms with van der Waals surface area (Å²) in [7, 11) is 0. The summed E-state index contributed by atoms with van der Waals surface area (Å²) in [4.78, 5) is 22.2. The molecule has 0 aliphatic heterocycles. The van der Waals surface area contributed by atoms with E-state index < -0.39 is 0 Å². The van der Waals surface area contributed by atoms with E-state index in [2.05, 4.69) is 9.97 Å². The Kier molecular flexibility index (Phi) is 4.06. The molecule has 0 fully saturated rings. The Labute approximate surface area is 142 Å². The van der Waals surface area contributed by atoms with Crippen molar-refractivity contribution in [3.05, 3.63) is 62.1 Å². The molecule has 3 nitrogen and oxygen atoms in total. The van der Waals surface area contributed by atoms with Crippen molar-refractivity contribution in [2.45, 2.75) is 30.8 Å². The first-order valence-corrected chi connectivity index (χ1v) is 9.44. The van der Waals surface area contributed by atoms with Crippen LogP contribution in [0, 0.1) is 0 Å². The fraction of sp³-hybridized carbons (Fsp3) is 0.222. The highest BCUT2D eigenvalue weighted by Gasteiger charge is 2.19. The fourth-order valence-corrected chi connectivity index (χ4v) is 4.91.